The first-order chi connectivity index (χ1) is 12.6. The van der Waals surface area contributed by atoms with Crippen molar-refractivity contribution in [1.29, 1.82) is 0 Å². The monoisotopic (exact) mass is 384 g/mol. The molecule has 0 bridgehead atoms. The quantitative estimate of drug-likeness (QED) is 0.600. The number of amides is 1. The number of nitro benzene ring substituents is 1. The van der Waals surface area contributed by atoms with Crippen molar-refractivity contribution in [3.8, 4) is 11.5 Å². The molecule has 0 fully saturated rings. The molecule has 0 aliphatic heterocycles. The predicted octanol–water partition coefficient (Wildman–Crippen LogP) is 4.03. The van der Waals surface area contributed by atoms with Crippen LogP contribution in [0.1, 0.15) is 12.5 Å². The van der Waals surface area contributed by atoms with Crippen molar-refractivity contribution in [2.45, 2.75) is 19.2 Å². The summed E-state index contributed by atoms with van der Waals surface area (Å²) in [4.78, 5) is 22.6. The van der Waals surface area contributed by atoms with Gasteiger partial charge in [-0.15, -0.1) is 0 Å². The number of methoxy groups -OCH3 is 1. The Balaban J connectivity index is 2.09. The summed E-state index contributed by atoms with van der Waals surface area (Å²) in [5, 5.41) is 13.5. The zero-order valence-electron chi connectivity index (χ0n) is 14.2. The first-order valence-electron chi connectivity index (χ1n) is 7.59. The van der Waals surface area contributed by atoms with E-state index in [1.165, 1.54) is 26.2 Å². The lowest BCUT2D eigenvalue weighted by atomic mass is 10.2. The average molecular weight is 384 g/mol. The molecule has 0 aromatic heterocycles. The highest BCUT2D eigenvalue weighted by atomic mass is 19.4. The van der Waals surface area contributed by atoms with E-state index >= 15 is 0 Å². The van der Waals surface area contributed by atoms with Gasteiger partial charge in [-0.1, -0.05) is 0 Å². The Morgan fingerprint density at radius 1 is 1.19 bits per heavy atom. The van der Waals surface area contributed by atoms with Crippen LogP contribution in [0.5, 0.6) is 11.5 Å². The van der Waals surface area contributed by atoms with Crippen LogP contribution in [0.2, 0.25) is 0 Å². The Bertz CT molecular complexity index is 837. The molecule has 2 aromatic carbocycles. The van der Waals surface area contributed by atoms with E-state index in [2.05, 4.69) is 5.32 Å². The third kappa shape index (κ3) is 5.09. The molecule has 10 heteroatoms. The van der Waals surface area contributed by atoms with Gasteiger partial charge in [0.1, 0.15) is 5.75 Å². The molecular formula is C17H15F3N2O5. The number of halogens is 3. The molecule has 1 atom stereocenters. The number of nitrogens with one attached hydrogen (secondary N) is 1. The normalized spacial score (nSPS) is 12.2. The molecular weight excluding hydrogens is 369 g/mol. The molecule has 1 N–H and O–H groups in total. The number of ether oxygens (including phenoxy) is 2. The van der Waals surface area contributed by atoms with E-state index in [0.717, 1.165) is 30.3 Å². The molecule has 0 saturated heterocycles. The molecule has 27 heavy (non-hydrogen) atoms. The summed E-state index contributed by atoms with van der Waals surface area (Å²) in [6, 6.07) is 7.73. The van der Waals surface area contributed by atoms with Crippen molar-refractivity contribution in [1.82, 2.24) is 0 Å². The number of nitrogens with zero attached hydrogens (tertiary/aromatic N) is 1. The highest BCUT2D eigenvalue weighted by molar-refractivity contribution is 5.94. The molecule has 0 heterocycles. The van der Waals surface area contributed by atoms with E-state index in [9.17, 15) is 28.1 Å². The van der Waals surface area contributed by atoms with Gasteiger partial charge in [0.15, 0.2) is 11.9 Å². The summed E-state index contributed by atoms with van der Waals surface area (Å²) in [6.45, 7) is 1.35. The van der Waals surface area contributed by atoms with E-state index in [4.69, 9.17) is 9.47 Å². The van der Waals surface area contributed by atoms with Gasteiger partial charge in [-0.3, -0.25) is 14.9 Å². The van der Waals surface area contributed by atoms with Crippen molar-refractivity contribution < 1.29 is 32.4 Å². The van der Waals surface area contributed by atoms with Gasteiger partial charge in [0.2, 0.25) is 0 Å². The zero-order valence-corrected chi connectivity index (χ0v) is 14.2. The lowest BCUT2D eigenvalue weighted by molar-refractivity contribution is -0.386. The van der Waals surface area contributed by atoms with Gasteiger partial charge in [-0.2, -0.15) is 13.2 Å². The fourth-order valence-corrected chi connectivity index (χ4v) is 2.10. The van der Waals surface area contributed by atoms with Crippen LogP contribution in [0.4, 0.5) is 24.5 Å². The summed E-state index contributed by atoms with van der Waals surface area (Å²) in [5.41, 5.74) is -1.10. The number of carbonyl (C=O) groups excluding carboxylic acids is 1. The Morgan fingerprint density at radius 3 is 2.33 bits per heavy atom. The Kier molecular flexibility index (Phi) is 5.88. The van der Waals surface area contributed by atoms with E-state index in [-0.39, 0.29) is 22.9 Å². The predicted molar refractivity (Wildman–Crippen MR) is 89.8 cm³/mol. The van der Waals surface area contributed by atoms with Gasteiger partial charge >= 0.3 is 11.9 Å². The van der Waals surface area contributed by atoms with Crippen molar-refractivity contribution in [3.05, 3.63) is 58.1 Å². The number of hydrogen-bond acceptors (Lipinski definition) is 5. The number of carbonyl (C=O) groups is 1. The van der Waals surface area contributed by atoms with Crippen LogP contribution < -0.4 is 14.8 Å². The van der Waals surface area contributed by atoms with Gasteiger partial charge in [-0.05, 0) is 43.3 Å². The Hall–Kier alpha value is -3.30. The molecule has 0 spiro atoms. The van der Waals surface area contributed by atoms with Crippen LogP contribution in [0.25, 0.3) is 0 Å². The molecule has 0 saturated carbocycles. The van der Waals surface area contributed by atoms with E-state index < -0.39 is 28.7 Å². The molecule has 0 unspecified atom stereocenters. The summed E-state index contributed by atoms with van der Waals surface area (Å²) in [6.07, 6.45) is -5.62. The fourth-order valence-electron chi connectivity index (χ4n) is 2.10. The molecule has 0 radical (unpaired) electrons. The summed E-state index contributed by atoms with van der Waals surface area (Å²) >= 11 is 0. The number of hydrogen-bond donors (Lipinski definition) is 1. The van der Waals surface area contributed by atoms with E-state index in [0.29, 0.717) is 0 Å². The minimum Gasteiger partial charge on any atom is -0.496 e. The molecule has 144 valence electrons. The highest BCUT2D eigenvalue weighted by Crippen LogP contribution is 2.32. The first-order valence-corrected chi connectivity index (χ1v) is 7.59. The van der Waals surface area contributed by atoms with Crippen LogP contribution in [-0.2, 0) is 11.0 Å². The number of nitro groups is 1. The van der Waals surface area contributed by atoms with Crippen LogP contribution >= 0.6 is 0 Å². The molecule has 0 aliphatic rings. The van der Waals surface area contributed by atoms with Crippen LogP contribution in [0.3, 0.4) is 0 Å². The maximum atomic E-state index is 12.5. The highest BCUT2D eigenvalue weighted by Gasteiger charge is 2.30. The molecule has 2 aromatic rings. The second-order valence-electron chi connectivity index (χ2n) is 5.42. The lowest BCUT2D eigenvalue weighted by Crippen LogP contribution is -2.30. The standard InChI is InChI=1S/C17H15F3N2O5/c1-10(27-15-8-7-13(26-2)9-14(15)22(24)25)16(23)21-12-5-3-11(4-6-12)17(18,19)20/h3-10H,1-2H3,(H,21,23)/t10-/m1/s1. The number of rotatable bonds is 6. The van der Waals surface area contributed by atoms with E-state index in [1.807, 2.05) is 0 Å². The summed E-state index contributed by atoms with van der Waals surface area (Å²) in [7, 11) is 1.35. The molecule has 1 amide bonds. The smallest absolute Gasteiger partial charge is 0.416 e. The molecule has 0 aliphatic carbocycles. The van der Waals surface area contributed by atoms with Crippen molar-refractivity contribution in [2.75, 3.05) is 12.4 Å². The molecule has 2 rings (SSSR count). The number of benzene rings is 2. The number of anilines is 1. The first kappa shape index (κ1) is 20.0. The number of alkyl halides is 3. The maximum absolute atomic E-state index is 12.5. The second-order valence-corrected chi connectivity index (χ2v) is 5.42. The topological polar surface area (TPSA) is 90.7 Å². The lowest BCUT2D eigenvalue weighted by Gasteiger charge is -2.15. The van der Waals surface area contributed by atoms with Crippen molar-refractivity contribution >= 4 is 17.3 Å². The zero-order chi connectivity index (χ0) is 20.2. The fraction of sp³-hybridized carbons (Fsp3) is 0.235. The van der Waals surface area contributed by atoms with Gasteiger partial charge in [0.05, 0.1) is 23.7 Å². The second kappa shape index (κ2) is 7.94. The average Bonchev–Trinajstić information content (AvgIpc) is 2.61. The minimum absolute atomic E-state index is 0.132. The Morgan fingerprint density at radius 2 is 1.81 bits per heavy atom. The van der Waals surface area contributed by atoms with E-state index in [1.54, 1.807) is 0 Å². The third-order valence-corrected chi connectivity index (χ3v) is 3.52. The van der Waals surface area contributed by atoms with Crippen LogP contribution in [0.15, 0.2) is 42.5 Å². The van der Waals surface area contributed by atoms with Crippen LogP contribution in [0, 0.1) is 10.1 Å². The third-order valence-electron chi connectivity index (χ3n) is 3.52. The molecule has 7 nitrogen and oxygen atoms in total. The van der Waals surface area contributed by atoms with Gasteiger partial charge in [0, 0.05) is 5.69 Å². The van der Waals surface area contributed by atoms with Crippen molar-refractivity contribution in [3.63, 3.8) is 0 Å². The van der Waals surface area contributed by atoms with Crippen molar-refractivity contribution in [2.24, 2.45) is 0 Å². The van der Waals surface area contributed by atoms with Crippen LogP contribution in [-0.4, -0.2) is 24.0 Å². The maximum Gasteiger partial charge on any atom is 0.416 e. The SMILES string of the molecule is COc1ccc(O[C@H](C)C(=O)Nc2ccc(C(F)(F)F)cc2)c([N+](=O)[O-])c1. The minimum atomic E-state index is -4.48. The Labute approximate surface area is 151 Å². The van der Waals surface area contributed by atoms with Gasteiger partial charge < -0.3 is 14.8 Å². The summed E-state index contributed by atoms with van der Waals surface area (Å²) in [5.74, 6) is -0.577. The summed E-state index contributed by atoms with van der Waals surface area (Å²) < 4.78 is 47.8. The largest absolute Gasteiger partial charge is 0.496 e. The van der Waals surface area contributed by atoms with Gasteiger partial charge in [-0.25, -0.2) is 0 Å². The van der Waals surface area contributed by atoms with Gasteiger partial charge in [0.25, 0.3) is 5.91 Å².